The molecule has 1 aromatic rings. The number of pyridine rings is 1. The zero-order valence-electron chi connectivity index (χ0n) is 10.4. The van der Waals surface area contributed by atoms with E-state index in [2.05, 4.69) is 15.0 Å². The monoisotopic (exact) mass is 262 g/mol. The summed E-state index contributed by atoms with van der Waals surface area (Å²) in [6, 6.07) is 1.31. The van der Waals surface area contributed by atoms with Crippen molar-refractivity contribution in [1.82, 2.24) is 4.98 Å². The maximum Gasteiger partial charge on any atom is 0.167 e. The molecule has 3 N–H and O–H groups in total. The van der Waals surface area contributed by atoms with Gasteiger partial charge in [0.1, 0.15) is 6.34 Å². The molecule has 0 aliphatic carbocycles. The first-order valence-electron chi connectivity index (χ1n) is 5.93. The molecule has 7 heteroatoms. The van der Waals surface area contributed by atoms with Crippen LogP contribution in [0, 0.1) is 11.2 Å². The molecule has 19 heavy (non-hydrogen) atoms. The predicted octanol–water partition coefficient (Wildman–Crippen LogP) is 1.49. The molecule has 6 nitrogen and oxygen atoms in total. The molecule has 1 fully saturated rings. The average molecular weight is 262 g/mol. The lowest BCUT2D eigenvalue weighted by Crippen LogP contribution is -2.34. The van der Waals surface area contributed by atoms with Crippen molar-refractivity contribution in [2.24, 2.45) is 15.7 Å². The Bertz CT molecular complexity index is 515. The fourth-order valence-electron chi connectivity index (χ4n) is 1.85. The summed E-state index contributed by atoms with van der Waals surface area (Å²) in [5.74, 6) is -0.103. The summed E-state index contributed by atoms with van der Waals surface area (Å²) in [5, 5.41) is 7.54. The van der Waals surface area contributed by atoms with Gasteiger partial charge in [-0.2, -0.15) is 0 Å². The normalized spacial score (nSPS) is 16.7. The number of anilines is 1. The lowest BCUT2D eigenvalue weighted by molar-refractivity contribution is 0.605. The number of nitrogens with zero attached hydrogens (tertiary/aromatic N) is 4. The highest BCUT2D eigenvalue weighted by Crippen LogP contribution is 2.23. The molecule has 100 valence electrons. The van der Waals surface area contributed by atoms with Crippen molar-refractivity contribution in [3.63, 3.8) is 0 Å². The molecule has 0 bridgehead atoms. The summed E-state index contributed by atoms with van der Waals surface area (Å²) in [6.45, 7) is 1.26. The van der Waals surface area contributed by atoms with Crippen molar-refractivity contribution in [2.45, 2.75) is 12.8 Å². The van der Waals surface area contributed by atoms with Gasteiger partial charge in [-0.25, -0.2) is 19.4 Å². The predicted molar refractivity (Wildman–Crippen MR) is 74.2 cm³/mol. The van der Waals surface area contributed by atoms with Gasteiger partial charge in [-0.1, -0.05) is 0 Å². The van der Waals surface area contributed by atoms with Gasteiger partial charge < -0.3 is 16.0 Å². The van der Waals surface area contributed by atoms with E-state index in [1.165, 1.54) is 18.6 Å². The second-order valence-corrected chi connectivity index (χ2v) is 4.13. The Morgan fingerprint density at radius 2 is 2.16 bits per heavy atom. The molecular formula is C12H15FN6. The molecule has 1 saturated heterocycles. The molecule has 0 amide bonds. The zero-order valence-corrected chi connectivity index (χ0v) is 10.4. The Morgan fingerprint density at radius 3 is 2.79 bits per heavy atom. The zero-order chi connectivity index (χ0) is 13.7. The Kier molecular flexibility index (Phi) is 4.17. The highest BCUT2D eigenvalue weighted by Gasteiger charge is 2.18. The van der Waals surface area contributed by atoms with Crippen LogP contribution in [-0.4, -0.2) is 36.5 Å². The maximum absolute atomic E-state index is 13.9. The largest absolute Gasteiger partial charge is 0.390 e. The van der Waals surface area contributed by atoms with Gasteiger partial charge in [-0.15, -0.1) is 0 Å². The van der Waals surface area contributed by atoms with Crippen LogP contribution in [0.15, 0.2) is 22.2 Å². The van der Waals surface area contributed by atoms with Crippen LogP contribution in [0.1, 0.15) is 12.8 Å². The number of aliphatic imine (C=N–C) groups is 2. The van der Waals surface area contributed by atoms with E-state index in [9.17, 15) is 4.39 Å². The Morgan fingerprint density at radius 1 is 1.42 bits per heavy atom. The summed E-state index contributed by atoms with van der Waals surface area (Å²) in [4.78, 5) is 13.4. The third-order valence-corrected chi connectivity index (χ3v) is 2.83. The lowest BCUT2D eigenvalue weighted by atomic mass is 10.1. The van der Waals surface area contributed by atoms with Gasteiger partial charge in [0, 0.05) is 37.7 Å². The van der Waals surface area contributed by atoms with E-state index in [0.717, 1.165) is 6.34 Å². The van der Waals surface area contributed by atoms with Crippen molar-refractivity contribution in [1.29, 1.82) is 5.41 Å². The third-order valence-electron chi connectivity index (χ3n) is 2.83. The minimum atomic E-state index is -0.417. The molecule has 0 radical (unpaired) electrons. The van der Waals surface area contributed by atoms with E-state index in [-0.39, 0.29) is 0 Å². The molecule has 0 spiro atoms. The second kappa shape index (κ2) is 6.03. The topological polar surface area (TPSA) is 90.7 Å². The molecule has 0 unspecified atom stereocenters. The Labute approximate surface area is 110 Å². The highest BCUT2D eigenvalue weighted by molar-refractivity contribution is 5.83. The van der Waals surface area contributed by atoms with E-state index < -0.39 is 5.82 Å². The minimum absolute atomic E-state index is 0.314. The third kappa shape index (κ3) is 3.34. The summed E-state index contributed by atoms with van der Waals surface area (Å²) >= 11 is 0. The van der Waals surface area contributed by atoms with Crippen molar-refractivity contribution in [2.75, 3.05) is 18.0 Å². The van der Waals surface area contributed by atoms with Crippen LogP contribution in [0.4, 0.5) is 15.9 Å². The number of hydrogen-bond acceptors (Lipinski definition) is 4. The second-order valence-electron chi connectivity index (χ2n) is 4.13. The lowest BCUT2D eigenvalue weighted by Gasteiger charge is -2.28. The number of halogens is 1. The summed E-state index contributed by atoms with van der Waals surface area (Å²) in [6.07, 6.45) is 5.14. The number of nitrogens with two attached hydrogens (primary N) is 1. The van der Waals surface area contributed by atoms with E-state index in [1.807, 2.05) is 4.90 Å². The van der Waals surface area contributed by atoms with Crippen LogP contribution in [-0.2, 0) is 0 Å². The first-order valence-corrected chi connectivity index (χ1v) is 5.93. The van der Waals surface area contributed by atoms with E-state index in [4.69, 9.17) is 11.1 Å². The van der Waals surface area contributed by atoms with E-state index in [1.54, 1.807) is 0 Å². The summed E-state index contributed by atoms with van der Waals surface area (Å²) in [7, 11) is 0. The number of rotatable bonds is 3. The van der Waals surface area contributed by atoms with Crippen LogP contribution in [0.2, 0.25) is 0 Å². The first kappa shape index (κ1) is 13.1. The summed E-state index contributed by atoms with van der Waals surface area (Å²) in [5.41, 5.74) is 6.15. The molecule has 2 rings (SSSR count). The van der Waals surface area contributed by atoms with Gasteiger partial charge in [0.2, 0.25) is 0 Å². The molecule has 1 aromatic heterocycles. The Hall–Kier alpha value is -2.31. The van der Waals surface area contributed by atoms with Crippen molar-refractivity contribution in [3.05, 3.63) is 18.1 Å². The first-order chi connectivity index (χ1) is 9.20. The molecule has 1 aliphatic rings. The van der Waals surface area contributed by atoms with Gasteiger partial charge >= 0.3 is 0 Å². The fourth-order valence-corrected chi connectivity index (χ4v) is 1.85. The average Bonchev–Trinajstić information content (AvgIpc) is 2.41. The van der Waals surface area contributed by atoms with Gasteiger partial charge in [-0.05, 0) is 0 Å². The number of aromatic nitrogens is 1. The number of piperidine rings is 1. The van der Waals surface area contributed by atoms with Crippen molar-refractivity contribution >= 4 is 29.9 Å². The molecule has 0 atom stereocenters. The molecule has 0 saturated carbocycles. The van der Waals surface area contributed by atoms with Crippen molar-refractivity contribution < 1.29 is 4.39 Å². The SMILES string of the molecule is N=C1CCN(c2ncc(N=CN=CN)cc2F)CC1. The van der Waals surface area contributed by atoms with E-state index >= 15 is 0 Å². The minimum Gasteiger partial charge on any atom is -0.390 e. The van der Waals surface area contributed by atoms with Crippen LogP contribution < -0.4 is 10.6 Å². The molecule has 2 heterocycles. The molecule has 0 aromatic carbocycles. The number of hydrogen-bond donors (Lipinski definition) is 2. The standard InChI is InChI=1S/C12H15FN6/c13-11-5-10(18-8-16-7-14)6-17-12(11)19-3-1-9(15)2-4-19/h5-8,15H,1-4H2,(H2,14,16,18). The smallest absolute Gasteiger partial charge is 0.167 e. The van der Waals surface area contributed by atoms with Crippen LogP contribution in [0.25, 0.3) is 0 Å². The highest BCUT2D eigenvalue weighted by atomic mass is 19.1. The van der Waals surface area contributed by atoms with Gasteiger partial charge in [0.05, 0.1) is 18.2 Å². The summed E-state index contributed by atoms with van der Waals surface area (Å²) < 4.78 is 13.9. The van der Waals surface area contributed by atoms with Crippen LogP contribution in [0.3, 0.4) is 0 Å². The van der Waals surface area contributed by atoms with Crippen LogP contribution in [0.5, 0.6) is 0 Å². The fraction of sp³-hybridized carbons (Fsp3) is 0.333. The van der Waals surface area contributed by atoms with Gasteiger partial charge in [-0.3, -0.25) is 0 Å². The molecule has 1 aliphatic heterocycles. The quantitative estimate of drug-likeness (QED) is 0.638. The van der Waals surface area contributed by atoms with E-state index in [0.29, 0.717) is 43.1 Å². The maximum atomic E-state index is 13.9. The molecular weight excluding hydrogens is 247 g/mol. The van der Waals surface area contributed by atoms with Crippen LogP contribution >= 0.6 is 0 Å². The van der Waals surface area contributed by atoms with Crippen molar-refractivity contribution in [3.8, 4) is 0 Å². The van der Waals surface area contributed by atoms with Gasteiger partial charge in [0.25, 0.3) is 0 Å². The Balaban J connectivity index is 2.13. The van der Waals surface area contributed by atoms with Gasteiger partial charge in [0.15, 0.2) is 11.6 Å². The number of nitrogens with one attached hydrogen (secondary N) is 1.